The highest BCUT2D eigenvalue weighted by molar-refractivity contribution is 4.95. The van der Waals surface area contributed by atoms with Crippen molar-refractivity contribution in [3.63, 3.8) is 0 Å². The average molecular weight is 293 g/mol. The first-order valence-corrected chi connectivity index (χ1v) is 9.72. The van der Waals surface area contributed by atoms with Crippen LogP contribution in [-0.2, 0) is 0 Å². The van der Waals surface area contributed by atoms with Gasteiger partial charge in [-0.1, -0.05) is 39.5 Å². The zero-order chi connectivity index (χ0) is 14.7. The van der Waals surface area contributed by atoms with Gasteiger partial charge in [0.25, 0.3) is 0 Å². The van der Waals surface area contributed by atoms with Gasteiger partial charge in [-0.2, -0.15) is 0 Å². The zero-order valence-electron chi connectivity index (χ0n) is 14.3. The minimum absolute atomic E-state index is 0.783. The SMILES string of the molecule is CC(C)CCN(CC1CC2CCCCC2N1)C1CCCC1. The van der Waals surface area contributed by atoms with Crippen LogP contribution in [0, 0.1) is 11.8 Å². The molecule has 21 heavy (non-hydrogen) atoms. The maximum absolute atomic E-state index is 3.99. The van der Waals surface area contributed by atoms with Gasteiger partial charge in [0.15, 0.2) is 0 Å². The first-order valence-electron chi connectivity index (χ1n) is 9.72. The fourth-order valence-corrected chi connectivity index (χ4v) is 4.97. The molecule has 0 aromatic carbocycles. The van der Waals surface area contributed by atoms with Crippen molar-refractivity contribution >= 4 is 0 Å². The summed E-state index contributed by atoms with van der Waals surface area (Å²) in [6.45, 7) is 7.39. The largest absolute Gasteiger partial charge is 0.310 e. The van der Waals surface area contributed by atoms with Gasteiger partial charge in [-0.15, -0.1) is 0 Å². The van der Waals surface area contributed by atoms with Crippen LogP contribution in [0.5, 0.6) is 0 Å². The molecule has 3 fully saturated rings. The Labute approximate surface area is 132 Å². The molecule has 2 aliphatic carbocycles. The van der Waals surface area contributed by atoms with Crippen molar-refractivity contribution in [2.75, 3.05) is 13.1 Å². The lowest BCUT2D eigenvalue weighted by Crippen LogP contribution is -2.44. The van der Waals surface area contributed by atoms with Crippen LogP contribution in [-0.4, -0.2) is 36.1 Å². The summed E-state index contributed by atoms with van der Waals surface area (Å²) in [5.74, 6) is 1.84. The standard InChI is InChI=1S/C19H36N2/c1-15(2)11-12-21(18-8-4-5-9-18)14-17-13-16-7-3-6-10-19(16)20-17/h15-20H,3-14H2,1-2H3. The Hall–Kier alpha value is -0.0800. The van der Waals surface area contributed by atoms with Gasteiger partial charge in [-0.25, -0.2) is 0 Å². The third-order valence-electron chi connectivity index (χ3n) is 6.24. The molecule has 122 valence electrons. The van der Waals surface area contributed by atoms with Crippen molar-refractivity contribution in [1.29, 1.82) is 0 Å². The molecule has 3 aliphatic rings. The molecule has 1 N–H and O–H groups in total. The van der Waals surface area contributed by atoms with Crippen LogP contribution in [0.1, 0.15) is 78.1 Å². The predicted molar refractivity (Wildman–Crippen MR) is 90.6 cm³/mol. The van der Waals surface area contributed by atoms with Crippen LogP contribution >= 0.6 is 0 Å². The topological polar surface area (TPSA) is 15.3 Å². The third kappa shape index (κ3) is 4.22. The maximum atomic E-state index is 3.99. The first kappa shape index (κ1) is 15.8. The fraction of sp³-hybridized carbons (Fsp3) is 1.00. The Balaban J connectivity index is 1.53. The molecule has 2 saturated carbocycles. The Bertz CT molecular complexity index is 295. The molecule has 0 amide bonds. The third-order valence-corrected chi connectivity index (χ3v) is 6.24. The lowest BCUT2D eigenvalue weighted by atomic mass is 9.85. The predicted octanol–water partition coefficient (Wildman–Crippen LogP) is 4.20. The number of hydrogen-bond acceptors (Lipinski definition) is 2. The van der Waals surface area contributed by atoms with Gasteiger partial charge in [0.2, 0.25) is 0 Å². The average Bonchev–Trinajstić information content (AvgIpc) is 3.11. The molecular weight excluding hydrogens is 256 g/mol. The smallest absolute Gasteiger partial charge is 0.0201 e. The molecule has 0 aromatic heterocycles. The van der Waals surface area contributed by atoms with Crippen molar-refractivity contribution in [1.82, 2.24) is 10.2 Å². The highest BCUT2D eigenvalue weighted by atomic mass is 15.2. The highest BCUT2D eigenvalue weighted by Crippen LogP contribution is 2.34. The second-order valence-corrected chi connectivity index (χ2v) is 8.37. The summed E-state index contributed by atoms with van der Waals surface area (Å²) in [5, 5.41) is 3.99. The fourth-order valence-electron chi connectivity index (χ4n) is 4.97. The normalized spacial score (nSPS) is 34.0. The van der Waals surface area contributed by atoms with E-state index in [1.54, 1.807) is 0 Å². The number of nitrogens with one attached hydrogen (secondary N) is 1. The van der Waals surface area contributed by atoms with Crippen molar-refractivity contribution in [3.05, 3.63) is 0 Å². The molecule has 0 bridgehead atoms. The first-order chi connectivity index (χ1) is 10.2. The van der Waals surface area contributed by atoms with Gasteiger partial charge in [0.05, 0.1) is 0 Å². The summed E-state index contributed by atoms with van der Waals surface area (Å²) in [7, 11) is 0. The molecule has 0 radical (unpaired) electrons. The van der Waals surface area contributed by atoms with E-state index in [9.17, 15) is 0 Å². The van der Waals surface area contributed by atoms with E-state index >= 15 is 0 Å². The van der Waals surface area contributed by atoms with E-state index < -0.39 is 0 Å². The summed E-state index contributed by atoms with van der Waals surface area (Å²) < 4.78 is 0. The number of fused-ring (bicyclic) bond motifs is 1. The summed E-state index contributed by atoms with van der Waals surface area (Å²) >= 11 is 0. The van der Waals surface area contributed by atoms with E-state index in [4.69, 9.17) is 0 Å². The Kier molecular flexibility index (Phi) is 5.61. The minimum atomic E-state index is 0.783. The van der Waals surface area contributed by atoms with Crippen molar-refractivity contribution in [2.24, 2.45) is 11.8 Å². The molecule has 1 saturated heterocycles. The van der Waals surface area contributed by atoms with E-state index in [-0.39, 0.29) is 0 Å². The second-order valence-electron chi connectivity index (χ2n) is 8.37. The number of nitrogens with zero attached hydrogens (tertiary/aromatic N) is 1. The van der Waals surface area contributed by atoms with Gasteiger partial charge in [-0.3, -0.25) is 4.90 Å². The van der Waals surface area contributed by atoms with Gasteiger partial charge in [0.1, 0.15) is 0 Å². The number of rotatable bonds is 6. The molecule has 2 nitrogen and oxygen atoms in total. The monoisotopic (exact) mass is 292 g/mol. The summed E-state index contributed by atoms with van der Waals surface area (Å²) in [6.07, 6.45) is 14.5. The highest BCUT2D eigenvalue weighted by Gasteiger charge is 2.36. The van der Waals surface area contributed by atoms with Gasteiger partial charge < -0.3 is 5.32 Å². The van der Waals surface area contributed by atoms with Crippen LogP contribution in [0.2, 0.25) is 0 Å². The molecule has 3 atom stereocenters. The van der Waals surface area contributed by atoms with E-state index in [1.807, 2.05) is 0 Å². The van der Waals surface area contributed by atoms with Crippen LogP contribution in [0.4, 0.5) is 0 Å². The molecule has 1 aliphatic heterocycles. The molecule has 3 unspecified atom stereocenters. The van der Waals surface area contributed by atoms with Crippen LogP contribution in [0.25, 0.3) is 0 Å². The Morgan fingerprint density at radius 3 is 2.43 bits per heavy atom. The van der Waals surface area contributed by atoms with E-state index in [0.717, 1.165) is 30.0 Å². The summed E-state index contributed by atoms with van der Waals surface area (Å²) in [5.41, 5.74) is 0. The minimum Gasteiger partial charge on any atom is -0.310 e. The van der Waals surface area contributed by atoms with Gasteiger partial charge in [0, 0.05) is 24.7 Å². The summed E-state index contributed by atoms with van der Waals surface area (Å²) in [6, 6.07) is 2.54. The zero-order valence-corrected chi connectivity index (χ0v) is 14.3. The number of hydrogen-bond donors (Lipinski definition) is 1. The van der Waals surface area contributed by atoms with Crippen molar-refractivity contribution in [2.45, 2.75) is 96.2 Å². The van der Waals surface area contributed by atoms with Crippen LogP contribution in [0.15, 0.2) is 0 Å². The van der Waals surface area contributed by atoms with Crippen LogP contribution in [0.3, 0.4) is 0 Å². The molecular formula is C19H36N2. The van der Waals surface area contributed by atoms with E-state index in [0.29, 0.717) is 0 Å². The van der Waals surface area contributed by atoms with E-state index in [2.05, 4.69) is 24.1 Å². The Morgan fingerprint density at radius 2 is 1.71 bits per heavy atom. The van der Waals surface area contributed by atoms with Gasteiger partial charge in [-0.05, 0) is 56.9 Å². The molecule has 1 heterocycles. The Morgan fingerprint density at radius 1 is 1.00 bits per heavy atom. The molecule has 0 spiro atoms. The molecule has 3 rings (SSSR count). The van der Waals surface area contributed by atoms with E-state index in [1.165, 1.54) is 77.3 Å². The lowest BCUT2D eigenvalue weighted by Gasteiger charge is -2.32. The van der Waals surface area contributed by atoms with Crippen LogP contribution < -0.4 is 5.32 Å². The summed E-state index contributed by atoms with van der Waals surface area (Å²) in [4.78, 5) is 2.86. The maximum Gasteiger partial charge on any atom is 0.0201 e. The lowest BCUT2D eigenvalue weighted by molar-refractivity contribution is 0.171. The molecule has 0 aromatic rings. The van der Waals surface area contributed by atoms with Crippen molar-refractivity contribution < 1.29 is 0 Å². The molecule has 2 heteroatoms. The second kappa shape index (κ2) is 7.46. The van der Waals surface area contributed by atoms with Gasteiger partial charge >= 0.3 is 0 Å². The van der Waals surface area contributed by atoms with Crippen molar-refractivity contribution in [3.8, 4) is 0 Å². The quantitative estimate of drug-likeness (QED) is 0.789.